The minimum absolute atomic E-state index is 0.00129. The van der Waals surface area contributed by atoms with Gasteiger partial charge in [-0.15, -0.1) is 0 Å². The topological polar surface area (TPSA) is 50.2 Å². The highest BCUT2D eigenvalue weighted by molar-refractivity contribution is 5.36. The first-order chi connectivity index (χ1) is 12.2. The van der Waals surface area contributed by atoms with Gasteiger partial charge in [0.25, 0.3) is 5.56 Å². The van der Waals surface area contributed by atoms with E-state index in [1.54, 1.807) is 24.0 Å². The fourth-order valence-corrected chi connectivity index (χ4v) is 4.04. The van der Waals surface area contributed by atoms with Gasteiger partial charge in [0.15, 0.2) is 5.82 Å². The molecule has 0 atom stereocenters. The Labute approximate surface area is 148 Å². The molecule has 0 unspecified atom stereocenters. The Hall–Kier alpha value is -2.14. The Bertz CT molecular complexity index is 759. The van der Waals surface area contributed by atoms with Crippen molar-refractivity contribution in [3.8, 4) is 0 Å². The quantitative estimate of drug-likeness (QED) is 0.929. The zero-order chi connectivity index (χ0) is 17.2. The van der Waals surface area contributed by atoms with Crippen LogP contribution in [0.25, 0.3) is 0 Å². The molecule has 2 aliphatic rings. The van der Waals surface area contributed by atoms with Crippen LogP contribution >= 0.6 is 0 Å². The maximum absolute atomic E-state index is 12.2. The van der Waals surface area contributed by atoms with Gasteiger partial charge >= 0.3 is 0 Å². The van der Waals surface area contributed by atoms with Gasteiger partial charge in [0.05, 0.1) is 0 Å². The molecule has 5 nitrogen and oxygen atoms in total. The summed E-state index contributed by atoms with van der Waals surface area (Å²) in [7, 11) is 1.78. The van der Waals surface area contributed by atoms with Gasteiger partial charge in [-0.3, -0.25) is 4.79 Å². The van der Waals surface area contributed by atoms with Gasteiger partial charge in [0.1, 0.15) is 0 Å². The van der Waals surface area contributed by atoms with Crippen LogP contribution in [0, 0.1) is 0 Å². The molecule has 2 aromatic rings. The highest BCUT2D eigenvalue weighted by Crippen LogP contribution is 2.37. The van der Waals surface area contributed by atoms with Crippen LogP contribution in [0.3, 0.4) is 0 Å². The van der Waals surface area contributed by atoms with E-state index in [2.05, 4.69) is 45.5 Å². The summed E-state index contributed by atoms with van der Waals surface area (Å²) >= 11 is 0. The molecule has 1 aliphatic carbocycles. The molecule has 1 aromatic heterocycles. The number of hydrogen-bond acceptors (Lipinski definition) is 4. The van der Waals surface area contributed by atoms with E-state index in [9.17, 15) is 4.79 Å². The SMILES string of the molecule is Cn1ccnc(N2CCC(NC3CC(c4ccccc4)C3)CC2)c1=O. The lowest BCUT2D eigenvalue weighted by Gasteiger charge is -2.41. The summed E-state index contributed by atoms with van der Waals surface area (Å²) in [6.07, 6.45) is 8.05. The van der Waals surface area contributed by atoms with E-state index >= 15 is 0 Å². The van der Waals surface area contributed by atoms with Crippen molar-refractivity contribution in [2.75, 3.05) is 18.0 Å². The predicted molar refractivity (Wildman–Crippen MR) is 100 cm³/mol. The third-order valence-electron chi connectivity index (χ3n) is 5.67. The predicted octanol–water partition coefficient (Wildman–Crippen LogP) is 2.28. The summed E-state index contributed by atoms with van der Waals surface area (Å²) in [5, 5.41) is 3.82. The Morgan fingerprint density at radius 1 is 1.08 bits per heavy atom. The number of nitrogens with one attached hydrogen (secondary N) is 1. The van der Waals surface area contributed by atoms with Gasteiger partial charge in [-0.1, -0.05) is 30.3 Å². The molecule has 1 saturated carbocycles. The molecule has 4 rings (SSSR count). The molecular formula is C20H26N4O. The third kappa shape index (κ3) is 3.47. The second kappa shape index (κ2) is 7.00. The molecular weight excluding hydrogens is 312 g/mol. The molecule has 2 heterocycles. The van der Waals surface area contributed by atoms with Crippen molar-refractivity contribution in [2.24, 2.45) is 7.05 Å². The van der Waals surface area contributed by atoms with Crippen molar-refractivity contribution in [3.63, 3.8) is 0 Å². The van der Waals surface area contributed by atoms with Gasteiger partial charge < -0.3 is 14.8 Å². The molecule has 132 valence electrons. The van der Waals surface area contributed by atoms with Crippen LogP contribution in [0.4, 0.5) is 5.82 Å². The molecule has 0 radical (unpaired) electrons. The Morgan fingerprint density at radius 2 is 1.80 bits per heavy atom. The van der Waals surface area contributed by atoms with Crippen LogP contribution in [-0.2, 0) is 7.05 Å². The third-order valence-corrected chi connectivity index (χ3v) is 5.67. The van der Waals surface area contributed by atoms with Crippen LogP contribution in [0.15, 0.2) is 47.5 Å². The molecule has 1 saturated heterocycles. The molecule has 1 N–H and O–H groups in total. The first-order valence-corrected chi connectivity index (χ1v) is 9.28. The lowest BCUT2D eigenvalue weighted by atomic mass is 9.75. The van der Waals surface area contributed by atoms with E-state index in [0.717, 1.165) is 31.8 Å². The van der Waals surface area contributed by atoms with Gasteiger partial charge in [0, 0.05) is 44.6 Å². The van der Waals surface area contributed by atoms with Gasteiger partial charge in [-0.05, 0) is 37.2 Å². The number of aryl methyl sites for hydroxylation is 1. The standard InChI is InChI=1S/C20H26N4O/c1-23-12-9-21-19(20(23)25)24-10-7-17(8-11-24)22-18-13-16(14-18)15-5-3-2-4-6-15/h2-6,9,12,16-18,22H,7-8,10-11,13-14H2,1H3. The molecule has 1 aliphatic heterocycles. The van der Waals surface area contributed by atoms with E-state index < -0.39 is 0 Å². The fraction of sp³-hybridized carbons (Fsp3) is 0.500. The van der Waals surface area contributed by atoms with E-state index in [4.69, 9.17) is 0 Å². The average molecular weight is 338 g/mol. The summed E-state index contributed by atoms with van der Waals surface area (Å²) in [6, 6.07) is 12.0. The number of hydrogen-bond donors (Lipinski definition) is 1. The fourth-order valence-electron chi connectivity index (χ4n) is 4.04. The number of benzene rings is 1. The summed E-state index contributed by atoms with van der Waals surface area (Å²) in [5.74, 6) is 1.31. The van der Waals surface area contributed by atoms with Crippen molar-refractivity contribution in [1.82, 2.24) is 14.9 Å². The second-order valence-electron chi connectivity index (χ2n) is 7.37. The Kier molecular flexibility index (Phi) is 4.57. The van der Waals surface area contributed by atoms with Gasteiger partial charge in [-0.2, -0.15) is 0 Å². The number of piperidine rings is 1. The number of rotatable bonds is 4. The van der Waals surface area contributed by atoms with Crippen LogP contribution in [0.2, 0.25) is 0 Å². The highest BCUT2D eigenvalue weighted by atomic mass is 16.1. The summed E-state index contributed by atoms with van der Waals surface area (Å²) in [4.78, 5) is 18.6. The van der Waals surface area contributed by atoms with E-state index in [0.29, 0.717) is 17.9 Å². The first kappa shape index (κ1) is 16.3. The zero-order valence-corrected chi connectivity index (χ0v) is 14.8. The largest absolute Gasteiger partial charge is 0.352 e. The van der Waals surface area contributed by atoms with Crippen molar-refractivity contribution in [1.29, 1.82) is 0 Å². The van der Waals surface area contributed by atoms with E-state index in [1.807, 2.05) is 0 Å². The zero-order valence-electron chi connectivity index (χ0n) is 14.8. The maximum Gasteiger partial charge on any atom is 0.293 e. The minimum Gasteiger partial charge on any atom is -0.352 e. The van der Waals surface area contributed by atoms with Crippen molar-refractivity contribution >= 4 is 5.82 Å². The summed E-state index contributed by atoms with van der Waals surface area (Å²) < 4.78 is 1.60. The number of anilines is 1. The Balaban J connectivity index is 1.26. The molecule has 0 amide bonds. The molecule has 5 heteroatoms. The van der Waals surface area contributed by atoms with Crippen LogP contribution in [-0.4, -0.2) is 34.7 Å². The lowest BCUT2D eigenvalue weighted by molar-refractivity contribution is 0.247. The van der Waals surface area contributed by atoms with Crippen LogP contribution < -0.4 is 15.8 Å². The molecule has 2 fully saturated rings. The first-order valence-electron chi connectivity index (χ1n) is 9.28. The van der Waals surface area contributed by atoms with Crippen LogP contribution in [0.1, 0.15) is 37.2 Å². The van der Waals surface area contributed by atoms with E-state index in [1.165, 1.54) is 18.4 Å². The molecule has 0 bridgehead atoms. The van der Waals surface area contributed by atoms with Crippen LogP contribution in [0.5, 0.6) is 0 Å². The highest BCUT2D eigenvalue weighted by Gasteiger charge is 2.32. The Morgan fingerprint density at radius 3 is 2.52 bits per heavy atom. The minimum atomic E-state index is -0.00129. The normalized spacial score (nSPS) is 24.1. The number of nitrogens with zero attached hydrogens (tertiary/aromatic N) is 3. The average Bonchev–Trinajstić information content (AvgIpc) is 2.61. The van der Waals surface area contributed by atoms with E-state index in [-0.39, 0.29) is 5.56 Å². The van der Waals surface area contributed by atoms with Gasteiger partial charge in [-0.25, -0.2) is 4.98 Å². The van der Waals surface area contributed by atoms with Crippen molar-refractivity contribution in [2.45, 2.75) is 43.7 Å². The van der Waals surface area contributed by atoms with Crippen molar-refractivity contribution in [3.05, 3.63) is 58.6 Å². The maximum atomic E-state index is 12.2. The summed E-state index contributed by atoms with van der Waals surface area (Å²) in [5.41, 5.74) is 1.47. The monoisotopic (exact) mass is 338 g/mol. The van der Waals surface area contributed by atoms with Crippen molar-refractivity contribution < 1.29 is 0 Å². The van der Waals surface area contributed by atoms with Gasteiger partial charge in [0.2, 0.25) is 0 Å². The lowest BCUT2D eigenvalue weighted by Crippen LogP contribution is -2.50. The smallest absolute Gasteiger partial charge is 0.293 e. The molecule has 25 heavy (non-hydrogen) atoms. The molecule has 1 aromatic carbocycles. The second-order valence-corrected chi connectivity index (χ2v) is 7.37. The molecule has 0 spiro atoms. The summed E-state index contributed by atoms with van der Waals surface area (Å²) in [6.45, 7) is 1.80. The number of aromatic nitrogens is 2.